The van der Waals surface area contributed by atoms with E-state index in [1.807, 2.05) is 13.8 Å². The summed E-state index contributed by atoms with van der Waals surface area (Å²) < 4.78 is 5.23. The van der Waals surface area contributed by atoms with Gasteiger partial charge in [0.1, 0.15) is 16.0 Å². The van der Waals surface area contributed by atoms with Crippen LogP contribution in [0.15, 0.2) is 0 Å². The summed E-state index contributed by atoms with van der Waals surface area (Å²) in [5.41, 5.74) is 0.276. The number of rotatable bonds is 5. The van der Waals surface area contributed by atoms with Gasteiger partial charge in [0, 0.05) is 7.11 Å². The molecule has 0 spiro atoms. The summed E-state index contributed by atoms with van der Waals surface area (Å²) in [6.07, 6.45) is 3.67. The van der Waals surface area contributed by atoms with E-state index >= 15 is 0 Å². The summed E-state index contributed by atoms with van der Waals surface area (Å²) >= 11 is 1.36. The number of thiazole rings is 1. The number of aromatic nitrogens is 1. The number of hydrogen-bond acceptors (Lipinski definition) is 5. The molecule has 0 saturated heterocycles. The van der Waals surface area contributed by atoms with E-state index in [4.69, 9.17) is 4.74 Å². The molecule has 112 valence electrons. The van der Waals surface area contributed by atoms with E-state index in [0.717, 1.165) is 36.4 Å². The fourth-order valence-electron chi connectivity index (χ4n) is 2.57. The summed E-state index contributed by atoms with van der Waals surface area (Å²) in [5, 5.41) is 13.4. The third-order valence-corrected chi connectivity index (χ3v) is 5.28. The van der Waals surface area contributed by atoms with Gasteiger partial charge in [0.15, 0.2) is 0 Å². The van der Waals surface area contributed by atoms with Gasteiger partial charge in [0.25, 0.3) is 5.91 Å². The minimum absolute atomic E-state index is 0.00206. The lowest BCUT2D eigenvalue weighted by molar-refractivity contribution is 0.0842. The number of carbonyl (C=O) groups is 1. The predicted molar refractivity (Wildman–Crippen MR) is 78.0 cm³/mol. The maximum atomic E-state index is 12.4. The third-order valence-electron chi connectivity index (χ3n) is 3.96. The Morgan fingerprint density at radius 2 is 2.20 bits per heavy atom. The molecule has 0 aromatic carbocycles. The molecule has 2 rings (SSSR count). The smallest absolute Gasteiger partial charge is 0.263 e. The van der Waals surface area contributed by atoms with Crippen LogP contribution in [0.5, 0.6) is 0 Å². The fraction of sp³-hybridized carbons (Fsp3) is 0.714. The lowest BCUT2D eigenvalue weighted by Crippen LogP contribution is -2.49. The van der Waals surface area contributed by atoms with E-state index < -0.39 is 5.54 Å². The van der Waals surface area contributed by atoms with Gasteiger partial charge in [-0.15, -0.1) is 11.3 Å². The van der Waals surface area contributed by atoms with Crippen molar-refractivity contribution in [3.8, 4) is 0 Å². The van der Waals surface area contributed by atoms with Crippen LogP contribution in [0.25, 0.3) is 0 Å². The van der Waals surface area contributed by atoms with Crippen LogP contribution < -0.4 is 5.32 Å². The molecular formula is C14H22N2O3S. The Hall–Kier alpha value is -0.980. The van der Waals surface area contributed by atoms with Crippen molar-refractivity contribution in [3.63, 3.8) is 0 Å². The molecule has 2 N–H and O–H groups in total. The molecule has 1 aromatic heterocycles. The van der Waals surface area contributed by atoms with Crippen molar-refractivity contribution in [1.29, 1.82) is 0 Å². The molecule has 1 aromatic rings. The van der Waals surface area contributed by atoms with E-state index in [1.165, 1.54) is 11.3 Å². The number of carbonyl (C=O) groups excluding carboxylic acids is 1. The molecule has 1 amide bonds. The molecule has 1 heterocycles. The van der Waals surface area contributed by atoms with Crippen LogP contribution in [-0.4, -0.2) is 35.3 Å². The molecule has 1 atom stereocenters. The molecular weight excluding hydrogens is 276 g/mol. The molecule has 1 aliphatic carbocycles. The van der Waals surface area contributed by atoms with Crippen molar-refractivity contribution in [2.45, 2.75) is 51.2 Å². The second-order valence-electron chi connectivity index (χ2n) is 5.44. The Labute approximate surface area is 123 Å². The number of aryl methyl sites for hydroxylation is 1. The predicted octanol–water partition coefficient (Wildman–Crippen LogP) is 2.19. The molecule has 1 fully saturated rings. The molecule has 6 heteroatoms. The van der Waals surface area contributed by atoms with Crippen LogP contribution in [0.1, 0.15) is 59.1 Å². The van der Waals surface area contributed by atoms with Gasteiger partial charge in [-0.2, -0.15) is 0 Å². The monoisotopic (exact) mass is 298 g/mol. The summed E-state index contributed by atoms with van der Waals surface area (Å²) in [5.74, 6) is -0.134. The van der Waals surface area contributed by atoms with Crippen molar-refractivity contribution in [3.05, 3.63) is 15.6 Å². The van der Waals surface area contributed by atoms with Crippen molar-refractivity contribution < 1.29 is 14.6 Å². The highest BCUT2D eigenvalue weighted by atomic mass is 32.1. The highest BCUT2D eigenvalue weighted by Crippen LogP contribution is 2.31. The Bertz CT molecular complexity index is 481. The SMILES string of the molecule is COC(C)c1nc(C)c(C(=O)NC2(CO)CCCC2)s1. The number of nitrogens with zero attached hydrogens (tertiary/aromatic N) is 1. The lowest BCUT2D eigenvalue weighted by atomic mass is 9.99. The molecule has 1 aliphatic rings. The van der Waals surface area contributed by atoms with Crippen LogP contribution in [0.4, 0.5) is 0 Å². The maximum absolute atomic E-state index is 12.4. The van der Waals surface area contributed by atoms with E-state index in [9.17, 15) is 9.90 Å². The minimum Gasteiger partial charge on any atom is -0.394 e. The largest absolute Gasteiger partial charge is 0.394 e. The molecule has 0 aliphatic heterocycles. The van der Waals surface area contributed by atoms with Gasteiger partial charge in [-0.05, 0) is 26.7 Å². The Morgan fingerprint density at radius 3 is 2.75 bits per heavy atom. The average Bonchev–Trinajstić information content (AvgIpc) is 3.05. The zero-order valence-corrected chi connectivity index (χ0v) is 13.0. The molecule has 5 nitrogen and oxygen atoms in total. The number of ether oxygens (including phenoxy) is 1. The van der Waals surface area contributed by atoms with Gasteiger partial charge < -0.3 is 15.2 Å². The molecule has 1 unspecified atom stereocenters. The summed E-state index contributed by atoms with van der Waals surface area (Å²) in [4.78, 5) is 17.4. The number of amides is 1. The highest BCUT2D eigenvalue weighted by molar-refractivity contribution is 7.13. The molecule has 0 bridgehead atoms. The standard InChI is InChI=1S/C14H22N2O3S/c1-9-11(20-13(15-9)10(2)19-3)12(18)16-14(8-17)6-4-5-7-14/h10,17H,4-8H2,1-3H3,(H,16,18). The molecule has 0 radical (unpaired) electrons. The first-order chi connectivity index (χ1) is 9.51. The molecule has 1 saturated carbocycles. The quantitative estimate of drug-likeness (QED) is 0.874. The third kappa shape index (κ3) is 3.02. The van der Waals surface area contributed by atoms with Gasteiger partial charge in [-0.3, -0.25) is 4.79 Å². The fourth-order valence-corrected chi connectivity index (χ4v) is 3.57. The zero-order valence-electron chi connectivity index (χ0n) is 12.2. The Morgan fingerprint density at radius 1 is 1.55 bits per heavy atom. The second kappa shape index (κ2) is 6.20. The van der Waals surface area contributed by atoms with Gasteiger partial charge in [-0.25, -0.2) is 4.98 Å². The van der Waals surface area contributed by atoms with Crippen LogP contribution in [-0.2, 0) is 4.74 Å². The zero-order chi connectivity index (χ0) is 14.8. The summed E-state index contributed by atoms with van der Waals surface area (Å²) in [6.45, 7) is 3.74. The van der Waals surface area contributed by atoms with Gasteiger partial charge >= 0.3 is 0 Å². The average molecular weight is 298 g/mol. The Kier molecular flexibility index (Phi) is 4.78. The lowest BCUT2D eigenvalue weighted by Gasteiger charge is -2.27. The van der Waals surface area contributed by atoms with Crippen molar-refractivity contribution in [1.82, 2.24) is 10.3 Å². The van der Waals surface area contributed by atoms with E-state index in [1.54, 1.807) is 7.11 Å². The number of aliphatic hydroxyl groups is 1. The first kappa shape index (κ1) is 15.4. The van der Waals surface area contributed by atoms with Crippen LogP contribution in [0.3, 0.4) is 0 Å². The van der Waals surface area contributed by atoms with E-state index in [0.29, 0.717) is 4.88 Å². The van der Waals surface area contributed by atoms with Gasteiger partial charge in [0.05, 0.1) is 17.8 Å². The van der Waals surface area contributed by atoms with Crippen molar-refractivity contribution in [2.75, 3.05) is 13.7 Å². The second-order valence-corrected chi connectivity index (χ2v) is 6.47. The number of aliphatic hydroxyl groups excluding tert-OH is 1. The number of nitrogens with one attached hydrogen (secondary N) is 1. The van der Waals surface area contributed by atoms with Gasteiger partial charge in [0.2, 0.25) is 0 Å². The summed E-state index contributed by atoms with van der Waals surface area (Å²) in [6, 6.07) is 0. The molecule has 20 heavy (non-hydrogen) atoms. The number of hydrogen-bond donors (Lipinski definition) is 2. The van der Waals surface area contributed by atoms with Crippen molar-refractivity contribution >= 4 is 17.2 Å². The van der Waals surface area contributed by atoms with E-state index in [-0.39, 0.29) is 18.6 Å². The number of methoxy groups -OCH3 is 1. The maximum Gasteiger partial charge on any atom is 0.263 e. The first-order valence-corrected chi connectivity index (χ1v) is 7.76. The normalized spacial score (nSPS) is 19.0. The first-order valence-electron chi connectivity index (χ1n) is 6.95. The minimum atomic E-state index is -0.444. The summed E-state index contributed by atoms with van der Waals surface area (Å²) in [7, 11) is 1.63. The Balaban J connectivity index is 2.15. The van der Waals surface area contributed by atoms with Crippen LogP contribution in [0.2, 0.25) is 0 Å². The highest BCUT2D eigenvalue weighted by Gasteiger charge is 2.35. The van der Waals surface area contributed by atoms with Crippen LogP contribution >= 0.6 is 11.3 Å². The van der Waals surface area contributed by atoms with E-state index in [2.05, 4.69) is 10.3 Å². The van der Waals surface area contributed by atoms with Gasteiger partial charge in [-0.1, -0.05) is 12.8 Å². The van der Waals surface area contributed by atoms with Crippen molar-refractivity contribution in [2.24, 2.45) is 0 Å². The van der Waals surface area contributed by atoms with Crippen LogP contribution in [0, 0.1) is 6.92 Å². The topological polar surface area (TPSA) is 71.5 Å².